The first-order chi connectivity index (χ1) is 25.2. The molecule has 5 atom stereocenters. The summed E-state index contributed by atoms with van der Waals surface area (Å²) in [4.78, 5) is 71.3. The summed E-state index contributed by atoms with van der Waals surface area (Å²) in [7, 11) is -3.59. The Hall–Kier alpha value is -3.40. The van der Waals surface area contributed by atoms with Crippen molar-refractivity contribution in [3.63, 3.8) is 0 Å². The fraction of sp³-hybridized carbons (Fsp3) is 0.780. The maximum absolute atomic E-state index is 15.1. The Morgan fingerprint density at radius 2 is 1.56 bits per heavy atom. The highest BCUT2D eigenvalue weighted by Crippen LogP contribution is 2.53. The SMILES string of the molecule is C#CCCC(NC(=O)[C@@H]1[C@H]2CCC(C)(C)[C@H]2CN1C(=O)[C@@H](NC(=O)NC1(CS(=O)(=O)C(C)(C)C)CCCCC1)C1(C)CCCCC1)C(=O)C(=O)NCC=C. The zero-order chi connectivity index (χ0) is 40.1. The summed E-state index contributed by atoms with van der Waals surface area (Å²) in [6, 6.07) is -3.69. The molecule has 0 bridgehead atoms. The van der Waals surface area contributed by atoms with Gasteiger partial charge in [0.25, 0.3) is 5.91 Å². The number of terminal acetylenes is 1. The van der Waals surface area contributed by atoms with Gasteiger partial charge in [0.15, 0.2) is 9.84 Å². The Kier molecular flexibility index (Phi) is 13.8. The maximum atomic E-state index is 15.1. The first-order valence-electron chi connectivity index (χ1n) is 20.0. The van der Waals surface area contributed by atoms with E-state index in [0.29, 0.717) is 38.6 Å². The molecule has 0 aromatic rings. The molecule has 1 heterocycles. The monoisotopic (exact) mass is 771 g/mol. The van der Waals surface area contributed by atoms with Crippen LogP contribution < -0.4 is 21.3 Å². The van der Waals surface area contributed by atoms with Crippen molar-refractivity contribution in [3.05, 3.63) is 12.7 Å². The zero-order valence-electron chi connectivity index (χ0n) is 33.5. The molecule has 0 aromatic carbocycles. The Labute approximate surface area is 323 Å². The second-order valence-corrected chi connectivity index (χ2v) is 21.1. The Bertz CT molecular complexity index is 1580. The van der Waals surface area contributed by atoms with Gasteiger partial charge in [-0.15, -0.1) is 18.9 Å². The molecule has 3 saturated carbocycles. The minimum absolute atomic E-state index is 0.00491. The third-order valence-corrected chi connectivity index (χ3v) is 15.8. The predicted molar refractivity (Wildman–Crippen MR) is 210 cm³/mol. The number of fused-ring (bicyclic) bond motifs is 1. The number of rotatable bonds is 14. The first kappa shape index (κ1) is 43.3. The number of hydrogen-bond donors (Lipinski definition) is 4. The number of nitrogens with one attached hydrogen (secondary N) is 4. The molecule has 4 rings (SSSR count). The summed E-state index contributed by atoms with van der Waals surface area (Å²) in [5.74, 6) is -0.473. The zero-order valence-corrected chi connectivity index (χ0v) is 34.3. The van der Waals surface area contributed by atoms with E-state index in [-0.39, 0.29) is 48.3 Å². The van der Waals surface area contributed by atoms with E-state index >= 15 is 4.79 Å². The van der Waals surface area contributed by atoms with E-state index in [1.807, 2.05) is 6.92 Å². The molecule has 0 spiro atoms. The van der Waals surface area contributed by atoms with Gasteiger partial charge in [-0.1, -0.05) is 65.4 Å². The third-order valence-electron chi connectivity index (χ3n) is 13.0. The van der Waals surface area contributed by atoms with Crippen molar-refractivity contribution in [1.82, 2.24) is 26.2 Å². The van der Waals surface area contributed by atoms with Crippen molar-refractivity contribution in [2.75, 3.05) is 18.8 Å². The normalized spacial score (nSPS) is 25.6. The molecule has 4 fully saturated rings. The average Bonchev–Trinajstić information content (AvgIpc) is 3.63. The van der Waals surface area contributed by atoms with Crippen LogP contribution in [0, 0.1) is 35.0 Å². The van der Waals surface area contributed by atoms with Crippen LogP contribution in [-0.4, -0.2) is 90.1 Å². The van der Waals surface area contributed by atoms with Crippen LogP contribution >= 0.6 is 0 Å². The molecule has 13 heteroatoms. The number of ketones is 1. The summed E-state index contributed by atoms with van der Waals surface area (Å²) in [5, 5.41) is 11.4. The molecule has 3 aliphatic carbocycles. The van der Waals surface area contributed by atoms with Crippen molar-refractivity contribution in [2.45, 2.75) is 160 Å². The molecule has 5 amide bonds. The molecule has 0 aromatic heterocycles. The molecule has 4 N–H and O–H groups in total. The number of hydrogen-bond acceptors (Lipinski definition) is 7. The van der Waals surface area contributed by atoms with Gasteiger partial charge in [-0.25, -0.2) is 13.2 Å². The van der Waals surface area contributed by atoms with Gasteiger partial charge in [0.05, 0.1) is 22.1 Å². The number of amides is 5. The lowest BCUT2D eigenvalue weighted by molar-refractivity contribution is -0.145. The van der Waals surface area contributed by atoms with Crippen LogP contribution in [0.1, 0.15) is 131 Å². The lowest BCUT2D eigenvalue weighted by Crippen LogP contribution is -2.64. The highest BCUT2D eigenvalue weighted by molar-refractivity contribution is 7.92. The van der Waals surface area contributed by atoms with E-state index in [4.69, 9.17) is 6.42 Å². The predicted octanol–water partition coefficient (Wildman–Crippen LogP) is 4.57. The van der Waals surface area contributed by atoms with Gasteiger partial charge in [0, 0.05) is 19.5 Å². The number of carbonyl (C=O) groups is 5. The largest absolute Gasteiger partial charge is 0.346 e. The van der Waals surface area contributed by atoms with Crippen LogP contribution in [0.15, 0.2) is 12.7 Å². The standard InChI is InChI=1S/C41H65N5O7S/c1-9-11-18-30(32(47)35(49)42-25-10-2)43-34(48)31-28-19-24-39(6,7)29(28)26-46(31)36(50)33(40(8)20-14-12-15-21-40)44-37(51)45-41(22-16-13-17-23-41)27-54(52,53)38(3,4)5/h1,10,28-31,33H,2,11-27H2,3-8H3,(H,42,49)(H,43,48)(H2,44,45,51)/t28-,29-,30?,31-,33+/m0/s1. The van der Waals surface area contributed by atoms with Crippen molar-refractivity contribution in [1.29, 1.82) is 0 Å². The van der Waals surface area contributed by atoms with E-state index in [1.165, 1.54) is 6.08 Å². The Balaban J connectivity index is 1.67. The van der Waals surface area contributed by atoms with Crippen molar-refractivity contribution >= 4 is 39.4 Å². The molecular weight excluding hydrogens is 707 g/mol. The fourth-order valence-corrected chi connectivity index (χ4v) is 10.9. The van der Waals surface area contributed by atoms with Gasteiger partial charge in [-0.2, -0.15) is 0 Å². The van der Waals surface area contributed by atoms with Gasteiger partial charge in [0.1, 0.15) is 12.1 Å². The Morgan fingerprint density at radius 3 is 2.13 bits per heavy atom. The fourth-order valence-electron chi connectivity index (χ4n) is 9.42. The topological polar surface area (TPSA) is 171 Å². The number of urea groups is 1. The summed E-state index contributed by atoms with van der Waals surface area (Å²) in [6.45, 7) is 15.3. The van der Waals surface area contributed by atoms with E-state index in [0.717, 1.165) is 44.9 Å². The van der Waals surface area contributed by atoms with Gasteiger partial charge in [0.2, 0.25) is 17.6 Å². The van der Waals surface area contributed by atoms with Gasteiger partial charge in [-0.3, -0.25) is 19.2 Å². The molecule has 54 heavy (non-hydrogen) atoms. The van der Waals surface area contributed by atoms with Crippen molar-refractivity contribution in [2.24, 2.45) is 22.7 Å². The molecule has 1 aliphatic heterocycles. The van der Waals surface area contributed by atoms with E-state index in [1.54, 1.807) is 25.7 Å². The maximum Gasteiger partial charge on any atom is 0.315 e. The highest BCUT2D eigenvalue weighted by Gasteiger charge is 2.58. The minimum atomic E-state index is -3.59. The van der Waals surface area contributed by atoms with E-state index in [9.17, 15) is 27.6 Å². The van der Waals surface area contributed by atoms with Crippen molar-refractivity contribution in [3.8, 4) is 12.3 Å². The van der Waals surface area contributed by atoms with Gasteiger partial charge >= 0.3 is 6.03 Å². The molecular formula is C41H65N5O7S. The highest BCUT2D eigenvalue weighted by atomic mass is 32.2. The van der Waals surface area contributed by atoms with Crippen LogP contribution in [0.25, 0.3) is 0 Å². The van der Waals surface area contributed by atoms with Crippen LogP contribution in [0.4, 0.5) is 4.79 Å². The molecule has 1 saturated heterocycles. The number of likely N-dealkylation sites (tertiary alicyclic amines) is 1. The second kappa shape index (κ2) is 17.2. The third kappa shape index (κ3) is 9.69. The van der Waals surface area contributed by atoms with Crippen LogP contribution in [0.5, 0.6) is 0 Å². The van der Waals surface area contributed by atoms with E-state index in [2.05, 4.69) is 47.6 Å². The van der Waals surface area contributed by atoms with Gasteiger partial charge in [-0.05, 0) is 88.4 Å². The molecule has 302 valence electrons. The van der Waals surface area contributed by atoms with Crippen molar-refractivity contribution < 1.29 is 32.4 Å². The quantitative estimate of drug-likeness (QED) is 0.114. The van der Waals surface area contributed by atoms with E-state index < -0.39 is 67.3 Å². The lowest BCUT2D eigenvalue weighted by Gasteiger charge is -2.44. The second-order valence-electron chi connectivity index (χ2n) is 18.4. The minimum Gasteiger partial charge on any atom is -0.346 e. The molecule has 0 radical (unpaired) electrons. The summed E-state index contributed by atoms with van der Waals surface area (Å²) >= 11 is 0. The summed E-state index contributed by atoms with van der Waals surface area (Å²) < 4.78 is 26.0. The first-order valence-corrected chi connectivity index (χ1v) is 21.6. The smallest absolute Gasteiger partial charge is 0.315 e. The average molecular weight is 772 g/mol. The van der Waals surface area contributed by atoms with Gasteiger partial charge < -0.3 is 26.2 Å². The molecule has 12 nitrogen and oxygen atoms in total. The lowest BCUT2D eigenvalue weighted by atomic mass is 9.70. The molecule has 4 aliphatic rings. The van der Waals surface area contributed by atoms with Crippen LogP contribution in [-0.2, 0) is 29.0 Å². The van der Waals surface area contributed by atoms with Crippen LogP contribution in [0.3, 0.4) is 0 Å². The number of nitrogens with zero attached hydrogens (tertiary/aromatic N) is 1. The number of sulfone groups is 1. The number of Topliss-reactive ketones (excluding diaryl/α,β-unsaturated/α-hetero) is 1. The Morgan fingerprint density at radius 1 is 0.944 bits per heavy atom. The molecule has 1 unspecified atom stereocenters. The number of carbonyl (C=O) groups excluding carboxylic acids is 5. The van der Waals surface area contributed by atoms with Crippen LogP contribution in [0.2, 0.25) is 0 Å². The summed E-state index contributed by atoms with van der Waals surface area (Å²) in [5.41, 5.74) is -1.75. The summed E-state index contributed by atoms with van der Waals surface area (Å²) in [6.07, 6.45) is 16.4.